The molecule has 0 amide bonds. The van der Waals surface area contributed by atoms with E-state index in [1.807, 2.05) is 0 Å². The monoisotopic (exact) mass is 246 g/mol. The van der Waals surface area contributed by atoms with Crippen molar-refractivity contribution in [1.82, 2.24) is 0 Å². The van der Waals surface area contributed by atoms with Crippen LogP contribution in [0.5, 0.6) is 0 Å². The summed E-state index contributed by atoms with van der Waals surface area (Å²) in [5.41, 5.74) is 0.0932. The molecular weight excluding hydrogens is 228 g/mol. The van der Waals surface area contributed by atoms with Crippen LogP contribution in [-0.2, 0) is 14.3 Å². The summed E-state index contributed by atoms with van der Waals surface area (Å²) in [5.74, 6) is 0.228. The van der Waals surface area contributed by atoms with Gasteiger partial charge in [-0.25, -0.2) is 0 Å². The van der Waals surface area contributed by atoms with E-state index in [0.29, 0.717) is 12.2 Å². The molecule has 1 aliphatic carbocycles. The maximum Gasteiger partial charge on any atom is 0.307 e. The number of carbonyl (C=O) groups excluding carboxylic acids is 1. The Morgan fingerprint density at radius 3 is 2.56 bits per heavy atom. The second-order valence-corrected chi connectivity index (χ2v) is 5.54. The van der Waals surface area contributed by atoms with Gasteiger partial charge in [0.2, 0.25) is 0 Å². The highest BCUT2D eigenvalue weighted by molar-refractivity contribution is 7.99. The lowest BCUT2D eigenvalue weighted by atomic mass is 10.1. The molecule has 4 nitrogen and oxygen atoms in total. The van der Waals surface area contributed by atoms with Crippen LogP contribution >= 0.6 is 11.8 Å². The summed E-state index contributed by atoms with van der Waals surface area (Å²) in [7, 11) is 1.40. The largest absolute Gasteiger partial charge is 0.481 e. The molecule has 5 heteroatoms. The van der Waals surface area contributed by atoms with Crippen molar-refractivity contribution in [3.8, 4) is 0 Å². The number of aliphatic carboxylic acids is 1. The molecule has 1 N–H and O–H groups in total. The van der Waals surface area contributed by atoms with Gasteiger partial charge in [-0.1, -0.05) is 6.92 Å². The van der Waals surface area contributed by atoms with E-state index in [1.54, 1.807) is 18.7 Å². The molecule has 0 saturated heterocycles. The number of rotatable bonds is 7. The molecule has 1 rings (SSSR count). The zero-order chi connectivity index (χ0) is 12.2. The molecule has 0 aliphatic heterocycles. The van der Waals surface area contributed by atoms with Crippen molar-refractivity contribution in [2.45, 2.75) is 26.2 Å². The Balaban J connectivity index is 2.22. The Bertz CT molecular complexity index is 273. The van der Waals surface area contributed by atoms with E-state index in [9.17, 15) is 9.59 Å². The van der Waals surface area contributed by atoms with Gasteiger partial charge in [0, 0.05) is 5.75 Å². The quantitative estimate of drug-likeness (QED) is 0.694. The third kappa shape index (κ3) is 4.04. The van der Waals surface area contributed by atoms with Gasteiger partial charge in [-0.05, 0) is 24.0 Å². The molecule has 0 spiro atoms. The second kappa shape index (κ2) is 5.57. The first kappa shape index (κ1) is 13.4. The highest BCUT2D eigenvalue weighted by atomic mass is 32.2. The molecule has 0 aromatic carbocycles. The van der Waals surface area contributed by atoms with Crippen molar-refractivity contribution < 1.29 is 19.4 Å². The van der Waals surface area contributed by atoms with Gasteiger partial charge in [-0.15, -0.1) is 0 Å². The van der Waals surface area contributed by atoms with Gasteiger partial charge < -0.3 is 9.84 Å². The first-order chi connectivity index (χ1) is 7.49. The first-order valence-electron chi connectivity index (χ1n) is 5.36. The fraction of sp³-hybridized carbons (Fsp3) is 0.818. The van der Waals surface area contributed by atoms with E-state index in [4.69, 9.17) is 5.11 Å². The number of hydrogen-bond donors (Lipinski definition) is 1. The van der Waals surface area contributed by atoms with Crippen LogP contribution in [0, 0.1) is 11.3 Å². The Labute approximate surface area is 99.7 Å². The topological polar surface area (TPSA) is 63.6 Å². The summed E-state index contributed by atoms with van der Waals surface area (Å²) in [6, 6.07) is 0. The minimum Gasteiger partial charge on any atom is -0.481 e. The van der Waals surface area contributed by atoms with Crippen molar-refractivity contribution in [3.63, 3.8) is 0 Å². The third-order valence-electron chi connectivity index (χ3n) is 2.90. The first-order valence-corrected chi connectivity index (χ1v) is 6.52. The van der Waals surface area contributed by atoms with Crippen LogP contribution in [0.15, 0.2) is 0 Å². The van der Waals surface area contributed by atoms with E-state index >= 15 is 0 Å². The average molecular weight is 246 g/mol. The molecule has 1 unspecified atom stereocenters. The smallest absolute Gasteiger partial charge is 0.307 e. The Morgan fingerprint density at radius 1 is 1.50 bits per heavy atom. The maximum atomic E-state index is 11.1. The molecule has 1 saturated carbocycles. The van der Waals surface area contributed by atoms with Crippen LogP contribution in [0.2, 0.25) is 0 Å². The van der Waals surface area contributed by atoms with Gasteiger partial charge in [0.05, 0.1) is 19.4 Å². The van der Waals surface area contributed by atoms with Crippen molar-refractivity contribution in [1.29, 1.82) is 0 Å². The van der Waals surface area contributed by atoms with Crippen LogP contribution in [0.1, 0.15) is 26.2 Å². The fourth-order valence-corrected chi connectivity index (χ4v) is 2.89. The summed E-state index contributed by atoms with van der Waals surface area (Å²) in [6.45, 7) is 1.70. The van der Waals surface area contributed by atoms with Crippen LogP contribution in [-0.4, -0.2) is 35.7 Å². The van der Waals surface area contributed by atoms with Gasteiger partial charge >= 0.3 is 11.9 Å². The minimum absolute atomic E-state index is 0.0932. The average Bonchev–Trinajstić information content (AvgIpc) is 2.97. The predicted octanol–water partition coefficient (Wildman–Crippen LogP) is 1.78. The van der Waals surface area contributed by atoms with E-state index < -0.39 is 5.97 Å². The summed E-state index contributed by atoms with van der Waals surface area (Å²) in [5, 5.41) is 8.72. The lowest BCUT2D eigenvalue weighted by molar-refractivity contribution is -0.142. The van der Waals surface area contributed by atoms with Gasteiger partial charge in [0.25, 0.3) is 0 Å². The molecular formula is C11H18O4S. The number of esters is 1. The fourth-order valence-electron chi connectivity index (χ4n) is 1.45. The number of methoxy groups -OCH3 is 1. The zero-order valence-corrected chi connectivity index (χ0v) is 10.5. The molecule has 1 atom stereocenters. The van der Waals surface area contributed by atoms with Crippen molar-refractivity contribution in [2.24, 2.45) is 11.3 Å². The summed E-state index contributed by atoms with van der Waals surface area (Å²) < 4.78 is 4.65. The third-order valence-corrected chi connectivity index (χ3v) is 4.45. The lowest BCUT2D eigenvalue weighted by Gasteiger charge is -2.13. The van der Waals surface area contributed by atoms with E-state index in [1.165, 1.54) is 7.11 Å². The number of carboxylic acids is 1. The number of thioether (sulfide) groups is 1. The molecule has 0 aromatic rings. The standard InChI is InChI=1S/C11H18O4S/c1-8(10(13)14)6-16-7-11(3-4-11)5-9(12)15-2/h8H,3-7H2,1-2H3,(H,13,14). The van der Waals surface area contributed by atoms with Gasteiger partial charge in [-0.3, -0.25) is 9.59 Å². The molecule has 1 fully saturated rings. The van der Waals surface area contributed by atoms with Crippen molar-refractivity contribution in [3.05, 3.63) is 0 Å². The molecule has 0 aromatic heterocycles. The van der Waals surface area contributed by atoms with Crippen molar-refractivity contribution in [2.75, 3.05) is 18.6 Å². The van der Waals surface area contributed by atoms with E-state index in [-0.39, 0.29) is 17.3 Å². The summed E-state index contributed by atoms with van der Waals surface area (Å²) in [4.78, 5) is 21.8. The van der Waals surface area contributed by atoms with Crippen LogP contribution in [0.4, 0.5) is 0 Å². The van der Waals surface area contributed by atoms with Crippen LogP contribution in [0.25, 0.3) is 0 Å². The molecule has 0 radical (unpaired) electrons. The van der Waals surface area contributed by atoms with E-state index in [0.717, 1.165) is 18.6 Å². The Hall–Kier alpha value is -0.710. The molecule has 0 bridgehead atoms. The molecule has 16 heavy (non-hydrogen) atoms. The van der Waals surface area contributed by atoms with Gasteiger partial charge in [-0.2, -0.15) is 11.8 Å². The molecule has 92 valence electrons. The number of hydrogen-bond acceptors (Lipinski definition) is 4. The normalized spacial score (nSPS) is 18.9. The highest BCUT2D eigenvalue weighted by Gasteiger charge is 2.44. The van der Waals surface area contributed by atoms with Gasteiger partial charge in [0.15, 0.2) is 0 Å². The number of carbonyl (C=O) groups is 2. The Morgan fingerprint density at radius 2 is 2.12 bits per heavy atom. The highest BCUT2D eigenvalue weighted by Crippen LogP contribution is 2.51. The lowest BCUT2D eigenvalue weighted by Crippen LogP contribution is -2.16. The zero-order valence-electron chi connectivity index (χ0n) is 9.69. The molecule has 0 heterocycles. The predicted molar refractivity (Wildman–Crippen MR) is 62.4 cm³/mol. The number of carboxylic acid groups (broad SMARTS) is 1. The van der Waals surface area contributed by atoms with Crippen LogP contribution in [0.3, 0.4) is 0 Å². The minimum atomic E-state index is -0.759. The number of ether oxygens (including phenoxy) is 1. The summed E-state index contributed by atoms with van der Waals surface area (Å²) in [6.07, 6.45) is 2.57. The maximum absolute atomic E-state index is 11.1. The van der Waals surface area contributed by atoms with E-state index in [2.05, 4.69) is 4.74 Å². The molecule has 1 aliphatic rings. The summed E-state index contributed by atoms with van der Waals surface area (Å²) >= 11 is 1.62. The Kier molecular flexibility index (Phi) is 4.65. The van der Waals surface area contributed by atoms with Gasteiger partial charge in [0.1, 0.15) is 0 Å². The SMILES string of the molecule is COC(=O)CC1(CSCC(C)C(=O)O)CC1. The van der Waals surface area contributed by atoms with Crippen LogP contribution < -0.4 is 0 Å². The van der Waals surface area contributed by atoms with Crippen molar-refractivity contribution >= 4 is 23.7 Å². The second-order valence-electron chi connectivity index (χ2n) is 4.51.